The van der Waals surface area contributed by atoms with Crippen LogP contribution < -0.4 is 0 Å². The van der Waals surface area contributed by atoms with Gasteiger partial charge in [-0.3, -0.25) is 4.40 Å². The van der Waals surface area contributed by atoms with E-state index in [9.17, 15) is 0 Å². The average molecular weight is 119 g/mol. The summed E-state index contributed by atoms with van der Waals surface area (Å²) in [6.45, 7) is 0. The molecule has 0 aliphatic heterocycles. The largest absolute Gasteiger partial charge is 0.262 e. The summed E-state index contributed by atoms with van der Waals surface area (Å²) in [6, 6.07) is 1.77. The molecule has 4 heteroatoms. The number of aromatic nitrogens is 4. The van der Waals surface area contributed by atoms with Crippen LogP contribution in [-0.2, 0) is 0 Å². The molecule has 43 valence electrons. The second-order valence-corrected chi connectivity index (χ2v) is 1.60. The molecule has 0 aromatic carbocycles. The maximum atomic E-state index is 3.76. The van der Waals surface area contributed by atoms with Crippen molar-refractivity contribution in [2.45, 2.75) is 0 Å². The van der Waals surface area contributed by atoms with Crippen molar-refractivity contribution in [3.05, 3.63) is 24.9 Å². The fraction of sp³-hybridized carbons (Fsp3) is 0. The van der Waals surface area contributed by atoms with E-state index in [4.69, 9.17) is 0 Å². The van der Waals surface area contributed by atoms with Crippen molar-refractivity contribution in [3.63, 3.8) is 0 Å². The van der Waals surface area contributed by atoms with Crippen LogP contribution in [0.5, 0.6) is 0 Å². The van der Waals surface area contributed by atoms with E-state index >= 15 is 0 Å². The van der Waals surface area contributed by atoms with Crippen molar-refractivity contribution in [1.82, 2.24) is 19.6 Å². The standard InChI is InChI=1S/C5H3N4/c1-2-6-3-9-4-7-8-5(1)9/h1-2,4H. The van der Waals surface area contributed by atoms with Crippen LogP contribution in [0.2, 0.25) is 0 Å². The monoisotopic (exact) mass is 119 g/mol. The molecule has 0 fully saturated rings. The summed E-state index contributed by atoms with van der Waals surface area (Å²) >= 11 is 0. The van der Waals surface area contributed by atoms with E-state index in [1.165, 1.54) is 0 Å². The SMILES string of the molecule is [c]1nccc2nncn12. The minimum atomic E-state index is 0.769. The molecule has 1 radical (unpaired) electrons. The van der Waals surface area contributed by atoms with Crippen LogP contribution >= 0.6 is 0 Å². The van der Waals surface area contributed by atoms with Crippen LogP contribution in [0.3, 0.4) is 0 Å². The highest BCUT2D eigenvalue weighted by molar-refractivity contribution is 5.32. The van der Waals surface area contributed by atoms with Crippen molar-refractivity contribution in [3.8, 4) is 0 Å². The van der Waals surface area contributed by atoms with E-state index in [0.717, 1.165) is 5.65 Å². The lowest BCUT2D eigenvalue weighted by atomic mass is 10.6. The second-order valence-electron chi connectivity index (χ2n) is 1.60. The zero-order valence-electron chi connectivity index (χ0n) is 4.52. The van der Waals surface area contributed by atoms with Gasteiger partial charge in [0.15, 0.2) is 12.0 Å². The normalized spacial score (nSPS) is 10.2. The van der Waals surface area contributed by atoms with E-state index in [2.05, 4.69) is 21.5 Å². The Kier molecular flexibility index (Phi) is 0.745. The summed E-state index contributed by atoms with van der Waals surface area (Å²) in [5.74, 6) is 0. The van der Waals surface area contributed by atoms with Crippen molar-refractivity contribution in [1.29, 1.82) is 0 Å². The van der Waals surface area contributed by atoms with Gasteiger partial charge in [-0.2, -0.15) is 0 Å². The summed E-state index contributed by atoms with van der Waals surface area (Å²) in [7, 11) is 0. The molecule has 0 aliphatic carbocycles. The highest BCUT2D eigenvalue weighted by atomic mass is 15.2. The Balaban J connectivity index is 2.95. The Labute approximate surface area is 51.2 Å². The molecular weight excluding hydrogens is 116 g/mol. The first-order valence-electron chi connectivity index (χ1n) is 2.49. The predicted octanol–water partition coefficient (Wildman–Crippen LogP) is -0.0755. The third-order valence-corrected chi connectivity index (χ3v) is 1.04. The topological polar surface area (TPSA) is 43.1 Å². The first-order chi connectivity index (χ1) is 4.47. The zero-order valence-corrected chi connectivity index (χ0v) is 4.52. The van der Waals surface area contributed by atoms with Crippen LogP contribution in [0.15, 0.2) is 18.6 Å². The molecule has 0 saturated heterocycles. The molecule has 9 heavy (non-hydrogen) atoms. The Morgan fingerprint density at radius 3 is 3.44 bits per heavy atom. The van der Waals surface area contributed by atoms with E-state index in [1.54, 1.807) is 23.0 Å². The van der Waals surface area contributed by atoms with Gasteiger partial charge in [0.1, 0.15) is 6.33 Å². The van der Waals surface area contributed by atoms with Crippen LogP contribution in [0.25, 0.3) is 5.65 Å². The number of nitrogens with zero attached hydrogens (tertiary/aromatic N) is 4. The summed E-state index contributed by atoms with van der Waals surface area (Å²) in [6.07, 6.45) is 5.86. The van der Waals surface area contributed by atoms with Gasteiger partial charge in [-0.15, -0.1) is 10.2 Å². The number of rotatable bonds is 0. The third-order valence-electron chi connectivity index (χ3n) is 1.04. The third kappa shape index (κ3) is 0.561. The highest BCUT2D eigenvalue weighted by Gasteiger charge is 1.88. The Bertz CT molecular complexity index is 283. The van der Waals surface area contributed by atoms with Crippen LogP contribution in [0, 0.1) is 6.33 Å². The Morgan fingerprint density at radius 1 is 1.56 bits per heavy atom. The van der Waals surface area contributed by atoms with Gasteiger partial charge < -0.3 is 0 Å². The van der Waals surface area contributed by atoms with Crippen molar-refractivity contribution < 1.29 is 0 Å². The first-order valence-corrected chi connectivity index (χ1v) is 2.49. The van der Waals surface area contributed by atoms with Gasteiger partial charge in [-0.05, 0) is 0 Å². The molecule has 0 N–H and O–H groups in total. The van der Waals surface area contributed by atoms with Crippen LogP contribution in [0.1, 0.15) is 0 Å². The van der Waals surface area contributed by atoms with E-state index in [0.29, 0.717) is 0 Å². The lowest BCUT2D eigenvalue weighted by Crippen LogP contribution is -1.82. The van der Waals surface area contributed by atoms with Gasteiger partial charge in [0.25, 0.3) is 0 Å². The maximum Gasteiger partial charge on any atom is 0.183 e. The molecule has 2 heterocycles. The van der Waals surface area contributed by atoms with E-state index in [-0.39, 0.29) is 0 Å². The smallest absolute Gasteiger partial charge is 0.183 e. The zero-order chi connectivity index (χ0) is 6.10. The highest BCUT2D eigenvalue weighted by Crippen LogP contribution is 1.90. The fourth-order valence-corrected chi connectivity index (χ4v) is 0.634. The second kappa shape index (κ2) is 1.51. The van der Waals surface area contributed by atoms with Crippen molar-refractivity contribution in [2.24, 2.45) is 0 Å². The fourth-order valence-electron chi connectivity index (χ4n) is 0.634. The van der Waals surface area contributed by atoms with Gasteiger partial charge in [-0.25, -0.2) is 4.98 Å². The van der Waals surface area contributed by atoms with E-state index in [1.807, 2.05) is 0 Å². The molecule has 0 aliphatic rings. The Morgan fingerprint density at radius 2 is 2.56 bits per heavy atom. The van der Waals surface area contributed by atoms with E-state index < -0.39 is 0 Å². The van der Waals surface area contributed by atoms with Gasteiger partial charge in [0.2, 0.25) is 0 Å². The summed E-state index contributed by atoms with van der Waals surface area (Å²) in [5.41, 5.74) is 0.769. The molecule has 0 bridgehead atoms. The summed E-state index contributed by atoms with van der Waals surface area (Å²) in [5, 5.41) is 7.40. The van der Waals surface area contributed by atoms with Gasteiger partial charge in [-0.1, -0.05) is 0 Å². The number of hydrogen-bond donors (Lipinski definition) is 0. The molecule has 0 saturated carbocycles. The molecule has 2 aromatic heterocycles. The van der Waals surface area contributed by atoms with Gasteiger partial charge in [0.05, 0.1) is 0 Å². The summed E-state index contributed by atoms with van der Waals surface area (Å²) in [4.78, 5) is 3.74. The van der Waals surface area contributed by atoms with Crippen LogP contribution in [0.4, 0.5) is 0 Å². The molecular formula is C5H3N4. The molecule has 0 amide bonds. The lowest BCUT2D eigenvalue weighted by Gasteiger charge is -1.82. The van der Waals surface area contributed by atoms with Crippen LogP contribution in [-0.4, -0.2) is 19.6 Å². The quantitative estimate of drug-likeness (QED) is 0.487. The molecule has 2 aromatic rings. The average Bonchev–Trinajstić information content (AvgIpc) is 2.33. The molecule has 4 nitrogen and oxygen atoms in total. The lowest BCUT2D eigenvalue weighted by molar-refractivity contribution is 1.05. The number of hydrogen-bond acceptors (Lipinski definition) is 3. The van der Waals surface area contributed by atoms with Gasteiger partial charge >= 0.3 is 0 Å². The van der Waals surface area contributed by atoms with Crippen molar-refractivity contribution in [2.75, 3.05) is 0 Å². The van der Waals surface area contributed by atoms with Crippen molar-refractivity contribution >= 4 is 5.65 Å². The minimum Gasteiger partial charge on any atom is -0.262 e. The first kappa shape index (κ1) is 4.43. The molecule has 2 rings (SSSR count). The molecule has 0 spiro atoms. The predicted molar refractivity (Wildman–Crippen MR) is 29.6 cm³/mol. The Hall–Kier alpha value is -1.45. The molecule has 0 unspecified atom stereocenters. The van der Waals surface area contributed by atoms with Gasteiger partial charge in [0, 0.05) is 12.3 Å². The molecule has 0 atom stereocenters. The number of fused-ring (bicyclic) bond motifs is 1. The minimum absolute atomic E-state index is 0.769. The maximum absolute atomic E-state index is 3.76. The summed E-state index contributed by atoms with van der Waals surface area (Å²) < 4.78 is 1.62.